The van der Waals surface area contributed by atoms with Crippen molar-refractivity contribution in [3.05, 3.63) is 53.1 Å². The Morgan fingerprint density at radius 3 is 2.76 bits per heavy atom. The van der Waals surface area contributed by atoms with Crippen LogP contribution >= 0.6 is 0 Å². The molecule has 0 bridgehead atoms. The third kappa shape index (κ3) is 2.13. The van der Waals surface area contributed by atoms with E-state index >= 15 is 0 Å². The van der Waals surface area contributed by atoms with Gasteiger partial charge in [0.05, 0.1) is 25.2 Å². The van der Waals surface area contributed by atoms with Gasteiger partial charge in [-0.3, -0.25) is 0 Å². The van der Waals surface area contributed by atoms with Crippen molar-refractivity contribution in [3.63, 3.8) is 0 Å². The van der Waals surface area contributed by atoms with E-state index in [1.54, 1.807) is 7.11 Å². The van der Waals surface area contributed by atoms with Gasteiger partial charge in [-0.15, -0.1) is 0 Å². The van der Waals surface area contributed by atoms with Crippen molar-refractivity contribution >= 4 is 6.08 Å². The summed E-state index contributed by atoms with van der Waals surface area (Å²) in [5, 5.41) is 0. The van der Waals surface area contributed by atoms with Crippen LogP contribution in [0.5, 0.6) is 23.0 Å². The van der Waals surface area contributed by atoms with Crippen LogP contribution in [0.4, 0.5) is 0 Å². The van der Waals surface area contributed by atoms with Crippen LogP contribution in [0.1, 0.15) is 42.6 Å². The zero-order chi connectivity index (χ0) is 17.2. The van der Waals surface area contributed by atoms with Crippen LogP contribution in [0, 0.1) is 0 Å². The molecule has 3 aliphatic rings. The van der Waals surface area contributed by atoms with E-state index in [0.717, 1.165) is 34.1 Å². The molecule has 0 aromatic heterocycles. The van der Waals surface area contributed by atoms with Crippen molar-refractivity contribution in [2.75, 3.05) is 13.7 Å². The molecule has 2 aromatic rings. The molecule has 0 amide bonds. The molecule has 0 saturated heterocycles. The van der Waals surface area contributed by atoms with Crippen LogP contribution in [-0.2, 0) is 0 Å². The average Bonchev–Trinajstić information content (AvgIpc) is 2.98. The number of rotatable bonds is 1. The van der Waals surface area contributed by atoms with Crippen LogP contribution in [0.3, 0.4) is 0 Å². The van der Waals surface area contributed by atoms with E-state index < -0.39 is 0 Å². The molecule has 0 spiro atoms. The van der Waals surface area contributed by atoms with Crippen molar-refractivity contribution in [1.29, 1.82) is 0 Å². The predicted molar refractivity (Wildman–Crippen MR) is 94.8 cm³/mol. The molecule has 4 nitrogen and oxygen atoms in total. The highest BCUT2D eigenvalue weighted by Crippen LogP contribution is 2.54. The van der Waals surface area contributed by atoms with Gasteiger partial charge in [-0.2, -0.15) is 0 Å². The van der Waals surface area contributed by atoms with Crippen LogP contribution in [0.2, 0.25) is 0 Å². The molecule has 0 saturated carbocycles. The van der Waals surface area contributed by atoms with Crippen molar-refractivity contribution in [1.82, 2.24) is 0 Å². The van der Waals surface area contributed by atoms with E-state index in [2.05, 4.69) is 24.3 Å². The first-order valence-electron chi connectivity index (χ1n) is 8.58. The molecule has 0 fully saturated rings. The molecule has 3 aliphatic heterocycles. The molecule has 2 aromatic carbocycles. The third-order valence-electron chi connectivity index (χ3n) is 5.16. The normalized spacial score (nSPS) is 24.0. The second kappa shape index (κ2) is 4.94. The Morgan fingerprint density at radius 2 is 1.92 bits per heavy atom. The van der Waals surface area contributed by atoms with Gasteiger partial charge in [0.2, 0.25) is 0 Å². The highest BCUT2D eigenvalue weighted by atomic mass is 16.5. The fourth-order valence-electron chi connectivity index (χ4n) is 3.89. The first-order chi connectivity index (χ1) is 12.1. The van der Waals surface area contributed by atoms with Crippen LogP contribution in [-0.4, -0.2) is 19.3 Å². The standard InChI is InChI=1S/C21H20O4/c1-21(2)9-8-14-17(25-21)7-6-15-19(14)23-11-16-13-5-4-12(22-3)10-18(13)24-20(15)16/h4-10,16,20H,11H2,1-3H3/t16-,20-/m0/s1. The number of fused-ring (bicyclic) bond motifs is 7. The van der Waals surface area contributed by atoms with Gasteiger partial charge < -0.3 is 18.9 Å². The summed E-state index contributed by atoms with van der Waals surface area (Å²) in [4.78, 5) is 0. The van der Waals surface area contributed by atoms with Gasteiger partial charge in [-0.25, -0.2) is 0 Å². The Hall–Kier alpha value is -2.62. The van der Waals surface area contributed by atoms with E-state index in [-0.39, 0.29) is 17.6 Å². The Labute approximate surface area is 147 Å². The highest BCUT2D eigenvalue weighted by molar-refractivity contribution is 5.70. The molecule has 3 heterocycles. The minimum Gasteiger partial charge on any atom is -0.497 e. The molecule has 128 valence electrons. The van der Waals surface area contributed by atoms with Gasteiger partial charge in [0.25, 0.3) is 0 Å². The van der Waals surface area contributed by atoms with Crippen LogP contribution in [0.15, 0.2) is 36.4 Å². The van der Waals surface area contributed by atoms with Gasteiger partial charge in [0.1, 0.15) is 34.7 Å². The van der Waals surface area contributed by atoms with Gasteiger partial charge in [-0.05, 0) is 44.2 Å². The lowest BCUT2D eigenvalue weighted by molar-refractivity contribution is 0.134. The van der Waals surface area contributed by atoms with E-state index in [1.165, 1.54) is 5.56 Å². The zero-order valence-corrected chi connectivity index (χ0v) is 14.5. The van der Waals surface area contributed by atoms with Crippen LogP contribution < -0.4 is 18.9 Å². The summed E-state index contributed by atoms with van der Waals surface area (Å²) in [6.45, 7) is 4.70. The second-order valence-electron chi connectivity index (χ2n) is 7.29. The quantitative estimate of drug-likeness (QED) is 0.769. The Bertz CT molecular complexity index is 897. The van der Waals surface area contributed by atoms with Gasteiger partial charge in [0.15, 0.2) is 0 Å². The summed E-state index contributed by atoms with van der Waals surface area (Å²) in [5.41, 5.74) is 2.97. The Kier molecular flexibility index (Phi) is 2.91. The average molecular weight is 336 g/mol. The van der Waals surface area contributed by atoms with Crippen molar-refractivity contribution in [2.45, 2.75) is 31.5 Å². The SMILES string of the molecule is COc1ccc2c(c1)O[C@H]1c3ccc4c(c3OC[C@@H]21)C=CC(C)(C)O4. The molecule has 5 rings (SSSR count). The molecule has 0 unspecified atom stereocenters. The molecule has 25 heavy (non-hydrogen) atoms. The smallest absolute Gasteiger partial charge is 0.138 e. The summed E-state index contributed by atoms with van der Waals surface area (Å²) in [6.07, 6.45) is 4.14. The van der Waals surface area contributed by atoms with Gasteiger partial charge in [0, 0.05) is 17.2 Å². The maximum atomic E-state index is 6.29. The number of methoxy groups -OCH3 is 1. The summed E-state index contributed by atoms with van der Waals surface area (Å²) < 4.78 is 23.8. The van der Waals surface area contributed by atoms with E-state index in [4.69, 9.17) is 18.9 Å². The fourth-order valence-corrected chi connectivity index (χ4v) is 3.89. The lowest BCUT2D eigenvalue weighted by atomic mass is 9.87. The zero-order valence-electron chi connectivity index (χ0n) is 14.5. The first kappa shape index (κ1) is 14.7. The molecule has 0 N–H and O–H groups in total. The maximum Gasteiger partial charge on any atom is 0.138 e. The number of hydrogen-bond donors (Lipinski definition) is 0. The molecular weight excluding hydrogens is 316 g/mol. The molecule has 0 radical (unpaired) electrons. The minimum atomic E-state index is -0.297. The number of hydrogen-bond acceptors (Lipinski definition) is 4. The molecular formula is C21H20O4. The lowest BCUT2D eigenvalue weighted by Crippen LogP contribution is -2.29. The molecule has 0 aliphatic carbocycles. The van der Waals surface area contributed by atoms with Gasteiger partial charge >= 0.3 is 0 Å². The number of benzene rings is 2. The largest absolute Gasteiger partial charge is 0.497 e. The Balaban J connectivity index is 1.57. The second-order valence-corrected chi connectivity index (χ2v) is 7.29. The summed E-state index contributed by atoms with van der Waals surface area (Å²) in [7, 11) is 1.67. The van der Waals surface area contributed by atoms with Gasteiger partial charge in [-0.1, -0.05) is 6.07 Å². The molecule has 4 heteroatoms. The summed E-state index contributed by atoms with van der Waals surface area (Å²) >= 11 is 0. The van der Waals surface area contributed by atoms with E-state index in [1.807, 2.05) is 32.0 Å². The first-order valence-corrected chi connectivity index (χ1v) is 8.58. The monoisotopic (exact) mass is 336 g/mol. The minimum absolute atomic E-state index is 0.0282. The summed E-state index contributed by atoms with van der Waals surface area (Å²) in [6, 6.07) is 10.1. The predicted octanol–water partition coefficient (Wildman–Crippen LogP) is 4.49. The van der Waals surface area contributed by atoms with E-state index in [0.29, 0.717) is 6.61 Å². The van der Waals surface area contributed by atoms with Crippen molar-refractivity contribution < 1.29 is 18.9 Å². The highest BCUT2D eigenvalue weighted by Gasteiger charge is 2.42. The summed E-state index contributed by atoms with van der Waals surface area (Å²) in [5.74, 6) is 3.64. The number of ether oxygens (including phenoxy) is 4. The Morgan fingerprint density at radius 1 is 1.08 bits per heavy atom. The third-order valence-corrected chi connectivity index (χ3v) is 5.16. The molecule has 2 atom stereocenters. The van der Waals surface area contributed by atoms with Crippen molar-refractivity contribution in [2.24, 2.45) is 0 Å². The maximum absolute atomic E-state index is 6.29. The lowest BCUT2D eigenvalue weighted by Gasteiger charge is -2.33. The van der Waals surface area contributed by atoms with E-state index in [9.17, 15) is 0 Å². The van der Waals surface area contributed by atoms with Crippen molar-refractivity contribution in [3.8, 4) is 23.0 Å². The topological polar surface area (TPSA) is 36.9 Å². The fraction of sp³-hybridized carbons (Fsp3) is 0.333. The van der Waals surface area contributed by atoms with Crippen LogP contribution in [0.25, 0.3) is 6.08 Å².